The van der Waals surface area contributed by atoms with Crippen molar-refractivity contribution in [2.24, 2.45) is 0 Å². The Balaban J connectivity index is 1.08. The first kappa shape index (κ1) is 30.0. The molecule has 0 atom stereocenters. The van der Waals surface area contributed by atoms with Crippen molar-refractivity contribution < 1.29 is 4.74 Å². The molecular weight excluding hydrogens is 631 g/mol. The van der Waals surface area contributed by atoms with E-state index in [2.05, 4.69) is 205 Å². The molecule has 1 heterocycles. The van der Waals surface area contributed by atoms with Gasteiger partial charge in [-0.05, 0) is 97.6 Å². The molecule has 2 nitrogen and oxygen atoms in total. The van der Waals surface area contributed by atoms with Gasteiger partial charge in [-0.25, -0.2) is 0 Å². The molecule has 244 valence electrons. The number of benzene rings is 9. The second-order valence-electron chi connectivity index (χ2n) is 13.3. The van der Waals surface area contributed by atoms with E-state index in [4.69, 9.17) is 4.74 Å². The zero-order valence-electron chi connectivity index (χ0n) is 28.4. The van der Waals surface area contributed by atoms with Crippen molar-refractivity contribution in [3.05, 3.63) is 200 Å². The third-order valence-electron chi connectivity index (χ3n) is 10.3. The minimum Gasteiger partial charge on any atom is -0.456 e. The van der Waals surface area contributed by atoms with Gasteiger partial charge in [-0.2, -0.15) is 0 Å². The minimum atomic E-state index is 0.849. The Morgan fingerprint density at radius 2 is 0.808 bits per heavy atom. The van der Waals surface area contributed by atoms with Crippen molar-refractivity contribution in [3.8, 4) is 56.0 Å². The average molecular weight is 664 g/mol. The fourth-order valence-electron chi connectivity index (χ4n) is 7.77. The van der Waals surface area contributed by atoms with Gasteiger partial charge in [0.1, 0.15) is 11.5 Å². The first-order chi connectivity index (χ1) is 25.8. The van der Waals surface area contributed by atoms with Crippen LogP contribution in [0.3, 0.4) is 0 Å². The van der Waals surface area contributed by atoms with E-state index in [1.54, 1.807) is 0 Å². The standard InChI is InChI=1S/C50H33NO/c1-3-11-34(12-4-1)36-21-25-39(26-22-36)51(40-27-23-37(24-28-40)35-13-5-2-6-14-35)41-29-30-45-47-32-31-44(43-18-9-16-38-15-7-8-17-42(38)43)46-19-10-20-48(50(46)47)52-49(45)33-41/h1-33H. The van der Waals surface area contributed by atoms with Gasteiger partial charge >= 0.3 is 0 Å². The van der Waals surface area contributed by atoms with E-state index >= 15 is 0 Å². The molecule has 9 aromatic carbocycles. The van der Waals surface area contributed by atoms with Crippen LogP contribution in [0.5, 0.6) is 11.5 Å². The summed E-state index contributed by atoms with van der Waals surface area (Å²) in [5.74, 6) is 1.73. The Morgan fingerprint density at radius 1 is 0.308 bits per heavy atom. The highest BCUT2D eigenvalue weighted by atomic mass is 16.5. The summed E-state index contributed by atoms with van der Waals surface area (Å²) in [5.41, 5.74) is 12.7. The summed E-state index contributed by atoms with van der Waals surface area (Å²) in [7, 11) is 0. The fourth-order valence-corrected chi connectivity index (χ4v) is 7.77. The van der Waals surface area contributed by atoms with Crippen molar-refractivity contribution in [2.75, 3.05) is 4.90 Å². The smallest absolute Gasteiger partial charge is 0.137 e. The molecule has 1 aliphatic heterocycles. The highest BCUT2D eigenvalue weighted by molar-refractivity contribution is 6.13. The molecule has 0 fully saturated rings. The Kier molecular flexibility index (Phi) is 7.18. The van der Waals surface area contributed by atoms with E-state index in [1.165, 1.54) is 55.1 Å². The molecule has 0 saturated carbocycles. The molecule has 52 heavy (non-hydrogen) atoms. The molecule has 0 N–H and O–H groups in total. The lowest BCUT2D eigenvalue weighted by atomic mass is 9.88. The van der Waals surface area contributed by atoms with Gasteiger partial charge in [-0.15, -0.1) is 0 Å². The molecule has 0 bridgehead atoms. The van der Waals surface area contributed by atoms with Crippen molar-refractivity contribution in [1.82, 2.24) is 0 Å². The number of rotatable bonds is 6. The maximum atomic E-state index is 6.82. The van der Waals surface area contributed by atoms with Crippen LogP contribution in [0.25, 0.3) is 66.1 Å². The van der Waals surface area contributed by atoms with Crippen molar-refractivity contribution in [2.45, 2.75) is 0 Å². The van der Waals surface area contributed by atoms with Crippen LogP contribution in [-0.2, 0) is 0 Å². The second kappa shape index (κ2) is 12.5. The SMILES string of the molecule is c1ccc(-c2ccc(N(c3ccc(-c4ccccc4)cc3)c3ccc4c(c3)Oc3cccc5c(-c6cccc7ccccc67)ccc-4c35)cc2)cc1. The van der Waals surface area contributed by atoms with Gasteiger partial charge in [0.05, 0.1) is 0 Å². The summed E-state index contributed by atoms with van der Waals surface area (Å²) in [5, 5.41) is 4.84. The predicted molar refractivity (Wildman–Crippen MR) is 218 cm³/mol. The van der Waals surface area contributed by atoms with Gasteiger partial charge in [0.2, 0.25) is 0 Å². The molecule has 0 radical (unpaired) electrons. The van der Waals surface area contributed by atoms with Crippen LogP contribution in [-0.4, -0.2) is 0 Å². The van der Waals surface area contributed by atoms with Crippen molar-refractivity contribution in [1.29, 1.82) is 0 Å². The molecule has 0 amide bonds. The Hall–Kier alpha value is -6.90. The molecular formula is C50H33NO. The lowest BCUT2D eigenvalue weighted by Crippen LogP contribution is -2.10. The van der Waals surface area contributed by atoms with Crippen LogP contribution < -0.4 is 9.64 Å². The highest BCUT2D eigenvalue weighted by Gasteiger charge is 2.24. The molecule has 0 saturated heterocycles. The second-order valence-corrected chi connectivity index (χ2v) is 13.3. The summed E-state index contributed by atoms with van der Waals surface area (Å²) in [6.07, 6.45) is 0. The lowest BCUT2D eigenvalue weighted by Gasteiger charge is -2.28. The number of fused-ring (bicyclic) bond motifs is 3. The molecule has 9 aromatic rings. The summed E-state index contributed by atoms with van der Waals surface area (Å²) < 4.78 is 6.82. The van der Waals surface area contributed by atoms with Crippen LogP contribution >= 0.6 is 0 Å². The summed E-state index contributed by atoms with van der Waals surface area (Å²) in [6, 6.07) is 71.5. The first-order valence-corrected chi connectivity index (χ1v) is 17.8. The molecule has 0 unspecified atom stereocenters. The fraction of sp³-hybridized carbons (Fsp3) is 0. The van der Waals surface area contributed by atoms with Gasteiger partial charge in [0.25, 0.3) is 0 Å². The zero-order chi connectivity index (χ0) is 34.4. The first-order valence-electron chi connectivity index (χ1n) is 17.8. The van der Waals surface area contributed by atoms with Crippen LogP contribution in [0.1, 0.15) is 0 Å². The van der Waals surface area contributed by atoms with Crippen LogP contribution in [0.15, 0.2) is 200 Å². The maximum absolute atomic E-state index is 6.82. The monoisotopic (exact) mass is 663 g/mol. The Bertz CT molecular complexity index is 2650. The van der Waals surface area contributed by atoms with Gasteiger partial charge in [0, 0.05) is 34.1 Å². The summed E-state index contributed by atoms with van der Waals surface area (Å²) in [6.45, 7) is 0. The maximum Gasteiger partial charge on any atom is 0.137 e. The van der Waals surface area contributed by atoms with Crippen LogP contribution in [0, 0.1) is 0 Å². The molecule has 2 heteroatoms. The minimum absolute atomic E-state index is 0.849. The van der Waals surface area contributed by atoms with E-state index in [0.717, 1.165) is 39.5 Å². The largest absolute Gasteiger partial charge is 0.456 e. The zero-order valence-corrected chi connectivity index (χ0v) is 28.4. The number of anilines is 3. The molecule has 0 aliphatic carbocycles. The quantitative estimate of drug-likeness (QED) is 0.176. The van der Waals surface area contributed by atoms with Gasteiger partial charge < -0.3 is 9.64 Å². The van der Waals surface area contributed by atoms with E-state index in [1.807, 2.05) is 0 Å². The van der Waals surface area contributed by atoms with Gasteiger partial charge in [0.15, 0.2) is 0 Å². The summed E-state index contributed by atoms with van der Waals surface area (Å²) in [4.78, 5) is 2.31. The predicted octanol–water partition coefficient (Wildman–Crippen LogP) is 14.2. The van der Waals surface area contributed by atoms with E-state index in [-0.39, 0.29) is 0 Å². The topological polar surface area (TPSA) is 12.5 Å². The number of ether oxygens (including phenoxy) is 1. The average Bonchev–Trinajstić information content (AvgIpc) is 3.22. The lowest BCUT2D eigenvalue weighted by molar-refractivity contribution is 0.487. The van der Waals surface area contributed by atoms with Crippen LogP contribution in [0.4, 0.5) is 17.1 Å². The number of nitrogens with zero attached hydrogens (tertiary/aromatic N) is 1. The number of hydrogen-bond donors (Lipinski definition) is 0. The molecule has 1 aliphatic rings. The molecule has 0 aromatic heterocycles. The van der Waals surface area contributed by atoms with Gasteiger partial charge in [-0.3, -0.25) is 0 Å². The number of hydrogen-bond acceptors (Lipinski definition) is 2. The molecule has 0 spiro atoms. The Morgan fingerprint density at radius 3 is 1.50 bits per heavy atom. The molecule has 10 rings (SSSR count). The van der Waals surface area contributed by atoms with Gasteiger partial charge in [-0.1, -0.05) is 152 Å². The third-order valence-corrected chi connectivity index (χ3v) is 10.3. The van der Waals surface area contributed by atoms with E-state index < -0.39 is 0 Å². The van der Waals surface area contributed by atoms with Crippen molar-refractivity contribution in [3.63, 3.8) is 0 Å². The third kappa shape index (κ3) is 5.12. The normalized spacial score (nSPS) is 11.6. The highest BCUT2D eigenvalue weighted by Crippen LogP contribution is 2.51. The van der Waals surface area contributed by atoms with Crippen LogP contribution in [0.2, 0.25) is 0 Å². The van der Waals surface area contributed by atoms with E-state index in [9.17, 15) is 0 Å². The summed E-state index contributed by atoms with van der Waals surface area (Å²) >= 11 is 0. The van der Waals surface area contributed by atoms with Crippen molar-refractivity contribution >= 4 is 38.6 Å². The van der Waals surface area contributed by atoms with E-state index in [0.29, 0.717) is 0 Å². The Labute approximate surface area is 303 Å².